The van der Waals surface area contributed by atoms with Crippen molar-refractivity contribution in [2.75, 3.05) is 11.1 Å². The first kappa shape index (κ1) is 21.3. The highest BCUT2D eigenvalue weighted by molar-refractivity contribution is 7.99. The summed E-state index contributed by atoms with van der Waals surface area (Å²) < 4.78 is 16.4. The molecule has 1 N–H and O–H groups in total. The predicted octanol–water partition coefficient (Wildman–Crippen LogP) is 3.70. The number of aromatic nitrogens is 4. The third-order valence-corrected chi connectivity index (χ3v) is 5.44. The Labute approximate surface area is 176 Å². The van der Waals surface area contributed by atoms with E-state index in [1.165, 1.54) is 30.0 Å². The van der Waals surface area contributed by atoms with Gasteiger partial charge in [-0.05, 0) is 30.5 Å². The van der Waals surface area contributed by atoms with Crippen LogP contribution in [0.4, 0.5) is 10.1 Å². The van der Waals surface area contributed by atoms with Crippen LogP contribution in [-0.2, 0) is 18.4 Å². The number of nitrogens with zero attached hydrogens (tertiary/aromatic N) is 4. The smallest absolute Gasteiger partial charge is 0.282 e. The molecular formula is C19H21ClFN5O2S. The fraction of sp³-hybridized carbons (Fsp3) is 0.368. The van der Waals surface area contributed by atoms with Crippen molar-refractivity contribution in [2.45, 2.75) is 32.0 Å². The Morgan fingerprint density at radius 2 is 2.14 bits per heavy atom. The van der Waals surface area contributed by atoms with E-state index < -0.39 is 5.82 Å². The van der Waals surface area contributed by atoms with Crippen molar-refractivity contribution in [2.24, 2.45) is 13.0 Å². The number of carbonyl (C=O) groups is 1. The van der Waals surface area contributed by atoms with Gasteiger partial charge in [-0.15, -0.1) is 0 Å². The van der Waals surface area contributed by atoms with Gasteiger partial charge >= 0.3 is 0 Å². The van der Waals surface area contributed by atoms with Gasteiger partial charge in [0.1, 0.15) is 11.3 Å². The maximum atomic E-state index is 13.3. The highest BCUT2D eigenvalue weighted by Gasteiger charge is 2.16. The number of hydrogen-bond donors (Lipinski definition) is 1. The monoisotopic (exact) mass is 437 g/mol. The zero-order chi connectivity index (χ0) is 21.1. The molecule has 2 heterocycles. The molecule has 0 radical (unpaired) electrons. The largest absolute Gasteiger partial charge is 0.325 e. The van der Waals surface area contributed by atoms with E-state index in [2.05, 4.69) is 29.2 Å². The number of aryl methyl sites for hydroxylation is 1. The van der Waals surface area contributed by atoms with Crippen LogP contribution in [0.5, 0.6) is 0 Å². The second-order valence-corrected chi connectivity index (χ2v) is 8.39. The highest BCUT2D eigenvalue weighted by atomic mass is 35.5. The van der Waals surface area contributed by atoms with Gasteiger partial charge in [0.25, 0.3) is 5.56 Å². The van der Waals surface area contributed by atoms with Crippen molar-refractivity contribution in [3.8, 4) is 0 Å². The van der Waals surface area contributed by atoms with Crippen LogP contribution in [0.1, 0.15) is 20.3 Å². The van der Waals surface area contributed by atoms with E-state index in [0.717, 1.165) is 6.42 Å². The van der Waals surface area contributed by atoms with Crippen molar-refractivity contribution in [3.05, 3.63) is 45.6 Å². The predicted molar refractivity (Wildman–Crippen MR) is 113 cm³/mol. The first-order valence-electron chi connectivity index (χ1n) is 9.06. The van der Waals surface area contributed by atoms with Gasteiger partial charge in [-0.1, -0.05) is 37.2 Å². The zero-order valence-corrected chi connectivity index (χ0v) is 17.9. The third-order valence-electron chi connectivity index (χ3n) is 4.17. The van der Waals surface area contributed by atoms with Crippen LogP contribution >= 0.6 is 23.4 Å². The molecule has 154 valence electrons. The molecule has 0 aliphatic rings. The fourth-order valence-electron chi connectivity index (χ4n) is 2.68. The lowest BCUT2D eigenvalue weighted by atomic mass is 10.1. The van der Waals surface area contributed by atoms with Gasteiger partial charge in [0, 0.05) is 19.3 Å². The zero-order valence-electron chi connectivity index (χ0n) is 16.3. The average Bonchev–Trinajstić information content (AvgIpc) is 3.03. The molecule has 0 fully saturated rings. The number of fused-ring (bicyclic) bond motifs is 1. The summed E-state index contributed by atoms with van der Waals surface area (Å²) in [7, 11) is 1.73. The number of thioether (sulfide) groups is 1. The molecule has 0 atom stereocenters. The Morgan fingerprint density at radius 1 is 1.38 bits per heavy atom. The van der Waals surface area contributed by atoms with Crippen LogP contribution in [0, 0.1) is 11.7 Å². The lowest BCUT2D eigenvalue weighted by Gasteiger charge is -2.13. The summed E-state index contributed by atoms with van der Waals surface area (Å²) in [6.45, 7) is 4.64. The minimum atomic E-state index is -0.554. The van der Waals surface area contributed by atoms with E-state index >= 15 is 0 Å². The van der Waals surface area contributed by atoms with Crippen LogP contribution in [0.25, 0.3) is 11.0 Å². The topological polar surface area (TPSA) is 81.8 Å². The minimum absolute atomic E-state index is 0.0366. The van der Waals surface area contributed by atoms with E-state index in [1.54, 1.807) is 22.5 Å². The Bertz CT molecular complexity index is 1110. The molecule has 3 aromatic rings. The average molecular weight is 438 g/mol. The summed E-state index contributed by atoms with van der Waals surface area (Å²) in [5.74, 6) is -0.420. The number of amides is 1. The van der Waals surface area contributed by atoms with Crippen molar-refractivity contribution in [1.82, 2.24) is 19.3 Å². The van der Waals surface area contributed by atoms with Crippen molar-refractivity contribution >= 4 is 46.0 Å². The number of rotatable bonds is 7. The summed E-state index contributed by atoms with van der Waals surface area (Å²) in [6, 6.07) is 3.97. The molecule has 1 amide bonds. The van der Waals surface area contributed by atoms with Crippen LogP contribution in [0.2, 0.25) is 5.02 Å². The van der Waals surface area contributed by atoms with Gasteiger partial charge in [0.15, 0.2) is 10.7 Å². The molecule has 0 aliphatic carbocycles. The second kappa shape index (κ2) is 8.96. The van der Waals surface area contributed by atoms with Gasteiger partial charge in [0.05, 0.1) is 17.0 Å². The van der Waals surface area contributed by atoms with Crippen LogP contribution < -0.4 is 10.9 Å². The molecule has 0 bridgehead atoms. The Kier molecular flexibility index (Phi) is 6.59. The standard InChI is InChI=1S/C19H21ClFN5O2S/c1-11(2)6-7-26-18(28)17-15(9-25(3)24-17)23-19(26)29-10-16(27)22-12-4-5-14(21)13(20)8-12/h4-5,8-9,11H,6-7,10H2,1-3H3,(H,22,27). The number of nitrogens with one attached hydrogen (secondary N) is 1. The number of anilines is 1. The first-order valence-corrected chi connectivity index (χ1v) is 10.4. The highest BCUT2D eigenvalue weighted by Crippen LogP contribution is 2.21. The molecule has 29 heavy (non-hydrogen) atoms. The lowest BCUT2D eigenvalue weighted by Crippen LogP contribution is -2.25. The van der Waals surface area contributed by atoms with E-state index in [4.69, 9.17) is 11.6 Å². The molecule has 0 saturated heterocycles. The summed E-state index contributed by atoms with van der Waals surface area (Å²) in [6.07, 6.45) is 2.47. The number of carbonyl (C=O) groups excluding carboxylic acids is 1. The molecule has 0 aliphatic heterocycles. The Balaban J connectivity index is 1.80. The maximum absolute atomic E-state index is 13.3. The number of benzene rings is 1. The van der Waals surface area contributed by atoms with E-state index in [1.807, 2.05) is 0 Å². The SMILES string of the molecule is CC(C)CCn1c(SCC(=O)Nc2ccc(F)c(Cl)c2)nc2cn(C)nc2c1=O. The van der Waals surface area contributed by atoms with Gasteiger partial charge in [-0.3, -0.25) is 18.8 Å². The van der Waals surface area contributed by atoms with Gasteiger partial charge in [-0.2, -0.15) is 5.10 Å². The van der Waals surface area contributed by atoms with Crippen molar-refractivity contribution in [3.63, 3.8) is 0 Å². The molecule has 0 saturated carbocycles. The number of halogens is 2. The van der Waals surface area contributed by atoms with Crippen LogP contribution in [-0.4, -0.2) is 31.0 Å². The van der Waals surface area contributed by atoms with Gasteiger partial charge < -0.3 is 5.32 Å². The molecule has 10 heteroatoms. The summed E-state index contributed by atoms with van der Waals surface area (Å²) >= 11 is 6.91. The fourth-order valence-corrected chi connectivity index (χ4v) is 3.69. The van der Waals surface area contributed by atoms with Crippen molar-refractivity contribution in [1.29, 1.82) is 0 Å². The molecule has 3 rings (SSSR count). The molecule has 1 aromatic carbocycles. The normalized spacial score (nSPS) is 11.4. The quantitative estimate of drug-likeness (QED) is 0.450. The Hall–Kier alpha value is -2.39. The maximum Gasteiger partial charge on any atom is 0.282 e. The van der Waals surface area contributed by atoms with Crippen LogP contribution in [0.3, 0.4) is 0 Å². The van der Waals surface area contributed by atoms with E-state index in [9.17, 15) is 14.0 Å². The summed E-state index contributed by atoms with van der Waals surface area (Å²) in [5.41, 5.74) is 0.983. The molecular weight excluding hydrogens is 417 g/mol. The van der Waals surface area contributed by atoms with Gasteiger partial charge in [-0.25, -0.2) is 9.37 Å². The minimum Gasteiger partial charge on any atom is -0.325 e. The second-order valence-electron chi connectivity index (χ2n) is 7.04. The number of hydrogen-bond acceptors (Lipinski definition) is 5. The van der Waals surface area contributed by atoms with Gasteiger partial charge in [0.2, 0.25) is 5.91 Å². The molecule has 0 spiro atoms. The summed E-state index contributed by atoms with van der Waals surface area (Å²) in [5, 5.41) is 7.25. The third kappa shape index (κ3) is 5.16. The Morgan fingerprint density at radius 3 is 2.83 bits per heavy atom. The summed E-state index contributed by atoms with van der Waals surface area (Å²) in [4.78, 5) is 29.7. The van der Waals surface area contributed by atoms with E-state index in [-0.39, 0.29) is 22.2 Å². The molecule has 7 nitrogen and oxygen atoms in total. The van der Waals surface area contributed by atoms with E-state index in [0.29, 0.717) is 34.3 Å². The van der Waals surface area contributed by atoms with Crippen LogP contribution in [0.15, 0.2) is 34.3 Å². The molecule has 0 unspecified atom stereocenters. The molecule has 2 aromatic heterocycles. The lowest BCUT2D eigenvalue weighted by molar-refractivity contribution is -0.113. The first-order chi connectivity index (χ1) is 13.7. The van der Waals surface area contributed by atoms with Crippen molar-refractivity contribution < 1.29 is 9.18 Å².